The molecule has 0 aliphatic heterocycles. The molecule has 0 unspecified atom stereocenters. The van der Waals surface area contributed by atoms with Crippen LogP contribution in [-0.4, -0.2) is 45.7 Å². The molecule has 90 valence electrons. The summed E-state index contributed by atoms with van der Waals surface area (Å²) in [6.45, 7) is 1.72. The summed E-state index contributed by atoms with van der Waals surface area (Å²) in [5.74, 6) is 0.336. The van der Waals surface area contributed by atoms with Gasteiger partial charge in [0.05, 0.1) is 0 Å². The number of aryl methyl sites for hydroxylation is 1. The Morgan fingerprint density at radius 2 is 2.31 bits per heavy atom. The minimum absolute atomic E-state index is 0.243. The number of likely N-dealkylation sites (N-methyl/N-ethyl adjacent to an activating group) is 1. The molecule has 5 heteroatoms. The van der Waals surface area contributed by atoms with Crippen molar-refractivity contribution >= 4 is 5.97 Å². The number of aliphatic carboxylic acids is 1. The predicted molar refractivity (Wildman–Crippen MR) is 61.3 cm³/mol. The zero-order valence-corrected chi connectivity index (χ0v) is 9.89. The van der Waals surface area contributed by atoms with Gasteiger partial charge in [-0.2, -0.15) is 0 Å². The number of carboxylic acids is 1. The van der Waals surface area contributed by atoms with E-state index >= 15 is 0 Å². The number of nitrogens with zero attached hydrogens (tertiary/aromatic N) is 3. The molecule has 0 saturated heterocycles. The lowest BCUT2D eigenvalue weighted by molar-refractivity contribution is -0.137. The minimum Gasteiger partial charge on any atom is -0.481 e. The van der Waals surface area contributed by atoms with Gasteiger partial charge in [0.1, 0.15) is 5.82 Å². The van der Waals surface area contributed by atoms with Gasteiger partial charge in [0, 0.05) is 38.8 Å². The Morgan fingerprint density at radius 1 is 1.56 bits per heavy atom. The first-order chi connectivity index (χ1) is 7.59. The fourth-order valence-corrected chi connectivity index (χ4v) is 1.54. The first-order valence-electron chi connectivity index (χ1n) is 5.46. The standard InChI is InChI=1S/C11H19N3O2/c1-13(7-3-4-11(15)16)8-5-10-12-6-9-14(10)2/h6,9H,3-5,7-8H2,1-2H3,(H,15,16). The van der Waals surface area contributed by atoms with Crippen LogP contribution in [0.3, 0.4) is 0 Å². The third-order valence-electron chi connectivity index (χ3n) is 2.57. The van der Waals surface area contributed by atoms with Crippen molar-refractivity contribution in [1.82, 2.24) is 14.5 Å². The topological polar surface area (TPSA) is 58.4 Å². The van der Waals surface area contributed by atoms with E-state index in [2.05, 4.69) is 9.88 Å². The number of hydrogen-bond donors (Lipinski definition) is 1. The maximum atomic E-state index is 10.3. The average Bonchev–Trinajstić information content (AvgIpc) is 2.60. The molecule has 0 fully saturated rings. The molecule has 0 atom stereocenters. The summed E-state index contributed by atoms with van der Waals surface area (Å²) < 4.78 is 2.01. The van der Waals surface area contributed by atoms with Crippen LogP contribution in [0.4, 0.5) is 0 Å². The number of carboxylic acid groups (broad SMARTS) is 1. The monoisotopic (exact) mass is 225 g/mol. The molecule has 0 saturated carbocycles. The highest BCUT2D eigenvalue weighted by atomic mass is 16.4. The van der Waals surface area contributed by atoms with Crippen molar-refractivity contribution < 1.29 is 9.90 Å². The molecule has 0 amide bonds. The Balaban J connectivity index is 2.17. The first-order valence-corrected chi connectivity index (χ1v) is 5.46. The highest BCUT2D eigenvalue weighted by molar-refractivity contribution is 5.66. The molecule has 0 aromatic carbocycles. The molecular formula is C11H19N3O2. The highest BCUT2D eigenvalue weighted by Crippen LogP contribution is 1.98. The maximum Gasteiger partial charge on any atom is 0.303 e. The second kappa shape index (κ2) is 6.27. The van der Waals surface area contributed by atoms with Crippen molar-refractivity contribution in [2.24, 2.45) is 7.05 Å². The zero-order chi connectivity index (χ0) is 12.0. The molecule has 0 radical (unpaired) electrons. The van der Waals surface area contributed by atoms with Gasteiger partial charge >= 0.3 is 5.97 Å². The van der Waals surface area contributed by atoms with E-state index in [0.29, 0.717) is 6.42 Å². The van der Waals surface area contributed by atoms with Gasteiger partial charge in [0.2, 0.25) is 0 Å². The van der Waals surface area contributed by atoms with E-state index in [1.54, 1.807) is 6.20 Å². The molecule has 5 nitrogen and oxygen atoms in total. The fourth-order valence-electron chi connectivity index (χ4n) is 1.54. The molecule has 16 heavy (non-hydrogen) atoms. The van der Waals surface area contributed by atoms with Crippen LogP contribution in [0.2, 0.25) is 0 Å². The third kappa shape index (κ3) is 4.44. The molecule has 1 N–H and O–H groups in total. The number of hydrogen-bond acceptors (Lipinski definition) is 3. The van der Waals surface area contributed by atoms with Crippen LogP contribution < -0.4 is 0 Å². The van der Waals surface area contributed by atoms with Gasteiger partial charge in [-0.15, -0.1) is 0 Å². The Kier molecular flexibility index (Phi) is 4.98. The molecule has 0 aliphatic rings. The molecule has 0 bridgehead atoms. The third-order valence-corrected chi connectivity index (χ3v) is 2.57. The number of aromatic nitrogens is 2. The normalized spacial score (nSPS) is 10.9. The van der Waals surface area contributed by atoms with Gasteiger partial charge in [-0.3, -0.25) is 4.79 Å². The van der Waals surface area contributed by atoms with Gasteiger partial charge in [0.25, 0.3) is 0 Å². The van der Waals surface area contributed by atoms with Crippen molar-refractivity contribution in [2.75, 3.05) is 20.1 Å². The summed E-state index contributed by atoms with van der Waals surface area (Å²) in [5.41, 5.74) is 0. The van der Waals surface area contributed by atoms with Crippen molar-refractivity contribution in [2.45, 2.75) is 19.3 Å². The van der Waals surface area contributed by atoms with Crippen LogP contribution in [-0.2, 0) is 18.3 Å². The molecule has 1 heterocycles. The second-order valence-electron chi connectivity index (χ2n) is 4.00. The van der Waals surface area contributed by atoms with Crippen molar-refractivity contribution in [3.05, 3.63) is 18.2 Å². The first kappa shape index (κ1) is 12.7. The van der Waals surface area contributed by atoms with Gasteiger partial charge in [-0.1, -0.05) is 0 Å². The second-order valence-corrected chi connectivity index (χ2v) is 4.00. The quantitative estimate of drug-likeness (QED) is 0.744. The van der Waals surface area contributed by atoms with Crippen LogP contribution in [0.1, 0.15) is 18.7 Å². The summed E-state index contributed by atoms with van der Waals surface area (Å²) in [6.07, 6.45) is 5.56. The lowest BCUT2D eigenvalue weighted by Gasteiger charge is -2.15. The Hall–Kier alpha value is -1.36. The zero-order valence-electron chi connectivity index (χ0n) is 9.89. The molecular weight excluding hydrogens is 206 g/mol. The maximum absolute atomic E-state index is 10.3. The smallest absolute Gasteiger partial charge is 0.303 e. The van der Waals surface area contributed by atoms with E-state index in [0.717, 1.165) is 25.3 Å². The summed E-state index contributed by atoms with van der Waals surface area (Å²) in [5, 5.41) is 8.51. The highest BCUT2D eigenvalue weighted by Gasteiger charge is 2.04. The van der Waals surface area contributed by atoms with Gasteiger partial charge < -0.3 is 14.6 Å². The number of imidazole rings is 1. The molecule has 0 aliphatic carbocycles. The number of carbonyl (C=O) groups is 1. The fraction of sp³-hybridized carbons (Fsp3) is 0.636. The molecule has 1 aromatic heterocycles. The van der Waals surface area contributed by atoms with Crippen molar-refractivity contribution in [3.63, 3.8) is 0 Å². The van der Waals surface area contributed by atoms with Crippen LogP contribution in [0.5, 0.6) is 0 Å². The van der Waals surface area contributed by atoms with Crippen LogP contribution in [0, 0.1) is 0 Å². The lowest BCUT2D eigenvalue weighted by Crippen LogP contribution is -2.23. The van der Waals surface area contributed by atoms with Gasteiger partial charge in [0.15, 0.2) is 0 Å². The largest absolute Gasteiger partial charge is 0.481 e. The molecule has 1 rings (SSSR count). The van der Waals surface area contributed by atoms with Crippen molar-refractivity contribution in [1.29, 1.82) is 0 Å². The average molecular weight is 225 g/mol. The van der Waals surface area contributed by atoms with E-state index in [1.807, 2.05) is 24.9 Å². The van der Waals surface area contributed by atoms with Crippen LogP contribution in [0.15, 0.2) is 12.4 Å². The van der Waals surface area contributed by atoms with Gasteiger partial charge in [-0.25, -0.2) is 4.98 Å². The van der Waals surface area contributed by atoms with Crippen molar-refractivity contribution in [3.8, 4) is 0 Å². The molecule has 0 spiro atoms. The van der Waals surface area contributed by atoms with E-state index < -0.39 is 5.97 Å². The molecule has 1 aromatic rings. The SMILES string of the molecule is CN(CCCC(=O)O)CCc1nccn1C. The predicted octanol–water partition coefficient (Wildman–Crippen LogP) is 0.759. The van der Waals surface area contributed by atoms with E-state index in [-0.39, 0.29) is 6.42 Å². The summed E-state index contributed by atoms with van der Waals surface area (Å²) in [6, 6.07) is 0. The Labute approximate surface area is 95.7 Å². The summed E-state index contributed by atoms with van der Waals surface area (Å²) >= 11 is 0. The Morgan fingerprint density at radius 3 is 2.88 bits per heavy atom. The Bertz CT molecular complexity index is 336. The lowest BCUT2D eigenvalue weighted by atomic mass is 10.3. The van der Waals surface area contributed by atoms with E-state index in [1.165, 1.54) is 0 Å². The van der Waals surface area contributed by atoms with Crippen LogP contribution >= 0.6 is 0 Å². The van der Waals surface area contributed by atoms with Gasteiger partial charge in [-0.05, 0) is 20.0 Å². The number of rotatable bonds is 7. The summed E-state index contributed by atoms with van der Waals surface area (Å²) in [7, 11) is 3.98. The minimum atomic E-state index is -0.725. The summed E-state index contributed by atoms with van der Waals surface area (Å²) in [4.78, 5) is 16.7. The van der Waals surface area contributed by atoms with E-state index in [9.17, 15) is 4.79 Å². The van der Waals surface area contributed by atoms with E-state index in [4.69, 9.17) is 5.11 Å². The van der Waals surface area contributed by atoms with Crippen LogP contribution in [0.25, 0.3) is 0 Å².